The number of morpholine rings is 1. The van der Waals surface area contributed by atoms with Gasteiger partial charge in [-0.2, -0.15) is 10.0 Å². The molecule has 5 rings (SSSR count). The maximum Gasteiger partial charge on any atom is 0.346 e. The number of hydrazone groups is 1. The van der Waals surface area contributed by atoms with Crippen LogP contribution in [0.1, 0.15) is 15.9 Å². The highest BCUT2D eigenvalue weighted by atomic mass is 32.2. The first-order valence-corrected chi connectivity index (χ1v) is 11.2. The van der Waals surface area contributed by atoms with Gasteiger partial charge < -0.3 is 14.4 Å². The lowest BCUT2D eigenvalue weighted by Gasteiger charge is -2.26. The second kappa shape index (κ2) is 9.20. The molecule has 3 heterocycles. The first-order valence-electron chi connectivity index (χ1n) is 10.4. The van der Waals surface area contributed by atoms with Crippen molar-refractivity contribution in [2.75, 3.05) is 26.3 Å². The molecule has 2 aromatic rings. The molecule has 0 radical (unpaired) electrons. The smallest absolute Gasteiger partial charge is 0.346 e. The number of ether oxygens (including phenoxy) is 2. The number of rotatable bonds is 3. The minimum atomic E-state index is -0.809. The predicted molar refractivity (Wildman–Crippen MR) is 125 cm³/mol. The van der Waals surface area contributed by atoms with Crippen LogP contribution in [0.25, 0.3) is 6.08 Å². The van der Waals surface area contributed by atoms with Crippen molar-refractivity contribution in [3.8, 4) is 5.75 Å². The van der Waals surface area contributed by atoms with Crippen molar-refractivity contribution in [2.24, 2.45) is 10.1 Å². The molecule has 0 aromatic heterocycles. The average Bonchev–Trinajstić information content (AvgIpc) is 3.28. The number of carbonyl (C=O) groups excluding carboxylic acids is 2. The summed E-state index contributed by atoms with van der Waals surface area (Å²) in [5.41, 5.74) is 0.526. The van der Waals surface area contributed by atoms with E-state index in [4.69, 9.17) is 14.9 Å². The lowest BCUT2D eigenvalue weighted by Crippen LogP contribution is -2.39. The number of carbonyl (C=O) groups is 2. The lowest BCUT2D eigenvalue weighted by atomic mass is 10.1. The number of hydrogen-bond acceptors (Lipinski definition) is 8. The number of halogens is 1. The molecule has 0 saturated carbocycles. The van der Waals surface area contributed by atoms with E-state index >= 15 is 0 Å². The highest BCUT2D eigenvalue weighted by Crippen LogP contribution is 2.30. The van der Waals surface area contributed by atoms with Gasteiger partial charge in [0.1, 0.15) is 11.6 Å². The fourth-order valence-electron chi connectivity index (χ4n) is 3.45. The third-order valence-electron chi connectivity index (χ3n) is 5.22. The van der Waals surface area contributed by atoms with E-state index in [1.807, 2.05) is 4.90 Å². The number of amides is 1. The molecule has 11 heteroatoms. The second-order valence-corrected chi connectivity index (χ2v) is 8.37. The van der Waals surface area contributed by atoms with Crippen molar-refractivity contribution >= 4 is 45.9 Å². The van der Waals surface area contributed by atoms with Crippen LogP contribution < -0.4 is 4.74 Å². The van der Waals surface area contributed by atoms with Gasteiger partial charge in [0.25, 0.3) is 5.91 Å². The Bertz CT molecular complexity index is 1270. The third-order valence-corrected chi connectivity index (χ3v) is 6.19. The van der Waals surface area contributed by atoms with E-state index < -0.39 is 17.7 Å². The van der Waals surface area contributed by atoms with Crippen molar-refractivity contribution < 1.29 is 23.5 Å². The maximum absolute atomic E-state index is 13.8. The van der Waals surface area contributed by atoms with Gasteiger partial charge in [0.2, 0.25) is 5.17 Å². The van der Waals surface area contributed by atoms with Gasteiger partial charge in [-0.1, -0.05) is 24.3 Å². The minimum Gasteiger partial charge on any atom is -0.423 e. The number of nitrogens with zero attached hydrogens (tertiary/aromatic N) is 4. The minimum absolute atomic E-state index is 0.0687. The normalized spacial score (nSPS) is 19.1. The van der Waals surface area contributed by atoms with Crippen LogP contribution in [-0.2, 0) is 9.53 Å². The van der Waals surface area contributed by atoms with E-state index in [-0.39, 0.29) is 22.7 Å². The zero-order chi connectivity index (χ0) is 23.7. The largest absolute Gasteiger partial charge is 0.423 e. The van der Waals surface area contributed by atoms with Crippen LogP contribution in [0.4, 0.5) is 4.39 Å². The van der Waals surface area contributed by atoms with E-state index in [9.17, 15) is 14.0 Å². The summed E-state index contributed by atoms with van der Waals surface area (Å²) in [6.45, 7) is 2.56. The molecule has 3 aliphatic heterocycles. The molecule has 0 atom stereocenters. The van der Waals surface area contributed by atoms with Gasteiger partial charge >= 0.3 is 5.97 Å². The summed E-state index contributed by atoms with van der Waals surface area (Å²) in [4.78, 5) is 30.9. The monoisotopic (exact) mass is 479 g/mol. The number of hydrogen-bond donors (Lipinski definition) is 1. The molecular formula is C23H18FN5O4S. The van der Waals surface area contributed by atoms with Crippen LogP contribution in [0, 0.1) is 11.2 Å². The molecule has 172 valence electrons. The fourth-order valence-corrected chi connectivity index (χ4v) is 4.40. The first-order chi connectivity index (χ1) is 16.5. The Hall–Kier alpha value is -3.83. The van der Waals surface area contributed by atoms with Crippen LogP contribution >= 0.6 is 11.8 Å². The highest BCUT2D eigenvalue weighted by molar-refractivity contribution is 8.26. The number of nitrogens with one attached hydrogen (secondary N) is 1. The number of benzene rings is 2. The number of thioether (sulfide) groups is 1. The van der Waals surface area contributed by atoms with Crippen LogP contribution in [0.15, 0.2) is 64.2 Å². The van der Waals surface area contributed by atoms with Crippen molar-refractivity contribution in [1.29, 1.82) is 5.41 Å². The van der Waals surface area contributed by atoms with Crippen LogP contribution in [0.3, 0.4) is 0 Å². The Morgan fingerprint density at radius 3 is 2.59 bits per heavy atom. The van der Waals surface area contributed by atoms with Gasteiger partial charge in [-0.25, -0.2) is 9.18 Å². The highest BCUT2D eigenvalue weighted by Gasteiger charge is 2.37. The molecule has 1 N–H and O–H groups in total. The first kappa shape index (κ1) is 22.0. The standard InChI is InChI=1S/C23H18FN5O4S/c24-18-4-2-1-3-16(18)21(31)33-15-7-5-14(6-8-15)13-17-19(25)29-22(26-20(17)30)34-23(27-29)28-9-11-32-12-10-28/h1-8,13,25H,9-12H2/b17-13+,25-19?. The molecular weight excluding hydrogens is 461 g/mol. The molecule has 0 aliphatic carbocycles. The molecule has 1 amide bonds. The van der Waals surface area contributed by atoms with E-state index in [1.54, 1.807) is 18.2 Å². The van der Waals surface area contributed by atoms with Crippen LogP contribution in [-0.4, -0.2) is 64.3 Å². The van der Waals surface area contributed by atoms with Crippen molar-refractivity contribution in [3.63, 3.8) is 0 Å². The van der Waals surface area contributed by atoms with E-state index in [0.29, 0.717) is 42.2 Å². The van der Waals surface area contributed by atoms with Crippen LogP contribution in [0.5, 0.6) is 5.75 Å². The van der Waals surface area contributed by atoms with E-state index in [1.165, 1.54) is 53.2 Å². The van der Waals surface area contributed by atoms with Gasteiger partial charge in [0.15, 0.2) is 11.0 Å². The predicted octanol–water partition coefficient (Wildman–Crippen LogP) is 2.95. The second-order valence-electron chi connectivity index (χ2n) is 7.44. The van der Waals surface area contributed by atoms with Gasteiger partial charge in [-0.3, -0.25) is 10.2 Å². The Morgan fingerprint density at radius 1 is 1.12 bits per heavy atom. The third kappa shape index (κ3) is 4.35. The Labute approximate surface area is 198 Å². The average molecular weight is 479 g/mol. The molecule has 2 aromatic carbocycles. The summed E-state index contributed by atoms with van der Waals surface area (Å²) in [6, 6.07) is 11.9. The number of aliphatic imine (C=N–C) groups is 1. The fraction of sp³-hybridized carbons (Fsp3) is 0.174. The molecule has 9 nitrogen and oxygen atoms in total. The van der Waals surface area contributed by atoms with E-state index in [0.717, 1.165) is 0 Å². The summed E-state index contributed by atoms with van der Waals surface area (Å²) in [5, 5.41) is 15.4. The van der Waals surface area contributed by atoms with Gasteiger partial charge in [0, 0.05) is 13.1 Å². The molecule has 1 fully saturated rings. The Morgan fingerprint density at radius 2 is 1.85 bits per heavy atom. The van der Waals surface area contributed by atoms with E-state index in [2.05, 4.69) is 10.1 Å². The van der Waals surface area contributed by atoms with Gasteiger partial charge in [0.05, 0.1) is 24.4 Å². The topological polar surface area (TPSA) is 108 Å². The number of esters is 1. The lowest BCUT2D eigenvalue weighted by molar-refractivity contribution is -0.114. The molecule has 34 heavy (non-hydrogen) atoms. The van der Waals surface area contributed by atoms with Crippen molar-refractivity contribution in [3.05, 3.63) is 71.0 Å². The summed E-state index contributed by atoms with van der Waals surface area (Å²) in [5.74, 6) is -1.85. The van der Waals surface area contributed by atoms with Crippen LogP contribution in [0.2, 0.25) is 0 Å². The maximum atomic E-state index is 13.8. The molecule has 0 unspecified atom stereocenters. The summed E-state index contributed by atoms with van der Waals surface area (Å²) >= 11 is 1.26. The molecule has 0 spiro atoms. The summed E-state index contributed by atoms with van der Waals surface area (Å²) in [6.07, 6.45) is 1.53. The van der Waals surface area contributed by atoms with Gasteiger partial charge in [-0.05, 0) is 47.7 Å². The zero-order valence-corrected chi connectivity index (χ0v) is 18.5. The molecule has 3 aliphatic rings. The molecule has 0 bridgehead atoms. The summed E-state index contributed by atoms with van der Waals surface area (Å²) < 4.78 is 24.3. The Balaban J connectivity index is 1.31. The number of fused-ring (bicyclic) bond motifs is 1. The van der Waals surface area contributed by atoms with Crippen molar-refractivity contribution in [1.82, 2.24) is 9.91 Å². The molecule has 1 saturated heterocycles. The Kier molecular flexibility index (Phi) is 5.95. The SMILES string of the molecule is N=C1/C(=C\c2ccc(OC(=O)c3ccccc3F)cc2)C(=O)N=C2SC(N3CCOCC3)=NN12. The quantitative estimate of drug-likeness (QED) is 0.410. The zero-order valence-electron chi connectivity index (χ0n) is 17.7. The van der Waals surface area contributed by atoms with Gasteiger partial charge in [-0.15, -0.1) is 5.10 Å². The summed E-state index contributed by atoms with van der Waals surface area (Å²) in [7, 11) is 0. The number of amidine groups is 3. The van der Waals surface area contributed by atoms with Crippen molar-refractivity contribution in [2.45, 2.75) is 0 Å².